The Kier molecular flexibility index (Phi) is 43.0. The molecule has 6 amide bonds. The van der Waals surface area contributed by atoms with E-state index in [1.165, 1.54) is 39.0 Å². The maximum Gasteiger partial charge on any atom is 1.00 e. The summed E-state index contributed by atoms with van der Waals surface area (Å²) in [5, 5.41) is 5.59. The summed E-state index contributed by atoms with van der Waals surface area (Å²) in [6.07, 6.45) is 1.01. The van der Waals surface area contributed by atoms with E-state index in [1.54, 1.807) is 105 Å². The number of amides is 6. The van der Waals surface area contributed by atoms with E-state index < -0.39 is 80.9 Å². The van der Waals surface area contributed by atoms with Crippen molar-refractivity contribution in [3.05, 3.63) is 215 Å². The number of ether oxygens (including phenoxy) is 16. The minimum Gasteiger partial charge on any atom is -0.870 e. The maximum atomic E-state index is 14.0. The third-order valence-corrected chi connectivity index (χ3v) is 22.7. The average Bonchev–Trinajstić information content (AvgIpc) is 1.74. The van der Waals surface area contributed by atoms with E-state index in [-0.39, 0.29) is 125 Å². The fraction of sp³-hybridized carbons (Fsp3) is 0.456. The second-order valence-corrected chi connectivity index (χ2v) is 37.6. The Morgan fingerprint density at radius 3 is 1.19 bits per heavy atom. The van der Waals surface area contributed by atoms with Crippen molar-refractivity contribution in [1.29, 1.82) is 0 Å². The number of alkyl carbamates (subject to hydrolysis) is 1. The van der Waals surface area contributed by atoms with Gasteiger partial charge in [0.05, 0.1) is 102 Å². The predicted molar refractivity (Wildman–Crippen MR) is 518 cm³/mol. The number of nitrogens with one attached hydrogen (secondary N) is 2. The molecule has 3 N–H and O–H groups in total. The normalized spacial score (nSPS) is 15.1. The van der Waals surface area contributed by atoms with E-state index in [2.05, 4.69) is 63.2 Å². The van der Waals surface area contributed by atoms with Crippen LogP contribution in [0.1, 0.15) is 154 Å². The zero-order chi connectivity index (χ0) is 101. The van der Waals surface area contributed by atoms with Gasteiger partial charge in [-0.2, -0.15) is 0 Å². The maximum absolute atomic E-state index is 14.0. The number of hydrogen-bond acceptors (Lipinski definition) is 29. The van der Waals surface area contributed by atoms with Crippen molar-refractivity contribution in [2.75, 3.05) is 128 Å². The summed E-state index contributed by atoms with van der Waals surface area (Å²) in [5.74, 6) is 3.88. The quantitative estimate of drug-likeness (QED) is 0.00874. The minimum atomic E-state index is -1.48. The van der Waals surface area contributed by atoms with Crippen molar-refractivity contribution in [3.63, 3.8) is 0 Å². The standard InChI is InChI=1S/C33H36N2O8.C19H18N2O4.C19H26N2O4.C19H27NO6.C8H13NO3.C4H5ClO2.CH4.Na.H2O/c1-32(2,3)43-30(37)34-19-33(20-34,42-21-36)35(17-22-14-15-23(39-4)16-29(22)40-5)31(38)41-18-28-26-12-8-6-10-24(26)25-11-7-9-13-27(25)28;22-12-25-19(10-20-11-19)21-18(23)24-9-17-15-7-3-1-5-13(15)14-6-2-4-8-16(14)17;1-18(2,3)25-17(22)21-12-19(13-21,20-4)10-9-14-7-8-15(23-5)11-16(14)24-6;1-18(2,3)26-17(22)20-11-19(12-20,25-13-21)9-8-14-6-7-15(23-4)10-16(14)24-5;1-8(2,3)12-7(11)9-4-6(10)5-9;1-2-3-7-4(5)6;;;/h6-16,21,28H,17-20H2,1-5H3;1-8,12,17,20H,9-11H2,(H,21,23);7-8,11H,9-10,12-13H2,1-3,5-6H3;6-7,10,13H,8-9,11-12H2,1-5H3;4-5H2,1-3H3;2H,1,3H2;1H4;;1H2/q;;;;;;;+1;/p-1. The third-order valence-electron chi connectivity index (χ3n) is 22.6. The first kappa shape index (κ1) is 117. The topological polar surface area (TPSA) is 410 Å². The van der Waals surface area contributed by atoms with Crippen LogP contribution in [0.2, 0.25) is 0 Å². The minimum absolute atomic E-state index is 0. The van der Waals surface area contributed by atoms with E-state index >= 15 is 0 Å². The Morgan fingerprint density at radius 2 is 0.851 bits per heavy atom. The molecular weight excluding hydrogens is 1860 g/mol. The molecule has 7 aromatic carbocycles. The summed E-state index contributed by atoms with van der Waals surface area (Å²) in [5.41, 5.74) is 4.87. The SMILES string of the molecule is C.C=CCOC(=O)Cl.CC(C)(C)OC(=O)N1CC(=O)C1.COc1ccc(CCC2(OC=O)CN(C(=O)OC(C)(C)C)C2)c(OC)c1.COc1ccc(CN(C(=O)OCC2c3ccccc3-c3ccccc32)C2(OC=O)CN(C(=O)OC(C)(C)C)C2)c(OC)c1.O=COC1(NC(=O)OCC2c3ccccc3-c3ccccc32)CNC1.[C-]#[N+]C1(CCc2ccc(OC)cc2OC)CN(C(=O)OC(C)(C)C)C1.[Na+].[OH-]. The van der Waals surface area contributed by atoms with Crippen LogP contribution in [0.15, 0.2) is 164 Å². The van der Waals surface area contributed by atoms with Gasteiger partial charge >= 0.3 is 71.5 Å². The molecule has 0 saturated carbocycles. The fourth-order valence-electron chi connectivity index (χ4n) is 15.8. The summed E-state index contributed by atoms with van der Waals surface area (Å²) in [4.78, 5) is 139. The average molecular weight is 1990 g/mol. The van der Waals surface area contributed by atoms with Crippen LogP contribution in [-0.2, 0) is 85.9 Å². The Morgan fingerprint density at radius 1 is 0.489 bits per heavy atom. The number of aryl methyl sites for hydroxylation is 2. The Balaban J connectivity index is 0.000000275. The summed E-state index contributed by atoms with van der Waals surface area (Å²) in [7, 11) is 9.49. The molecule has 0 atom stereocenters. The van der Waals surface area contributed by atoms with Gasteiger partial charge in [-0.15, -0.1) is 0 Å². The van der Waals surface area contributed by atoms with Crippen LogP contribution in [-0.4, -0.2) is 270 Å². The van der Waals surface area contributed by atoms with Crippen molar-refractivity contribution in [2.45, 2.75) is 180 Å². The number of benzene rings is 7. The molecule has 758 valence electrons. The Bertz CT molecular complexity index is 5390. The van der Waals surface area contributed by atoms with E-state index in [9.17, 15) is 52.7 Å². The van der Waals surface area contributed by atoms with E-state index in [1.807, 2.05) is 139 Å². The number of Topliss-reactive ketones (excluding diaryl/α,β-unsaturated/α-hetero) is 1. The number of halogens is 1. The van der Waals surface area contributed by atoms with Gasteiger partial charge in [0.15, 0.2) is 5.78 Å². The monoisotopic (exact) mass is 1980 g/mol. The van der Waals surface area contributed by atoms with Gasteiger partial charge in [0.2, 0.25) is 11.4 Å². The summed E-state index contributed by atoms with van der Waals surface area (Å²) < 4.78 is 84.8. The number of hydrogen-bond donors (Lipinski definition) is 2. The van der Waals surface area contributed by atoms with Crippen LogP contribution < -0.4 is 68.6 Å². The molecule has 36 nitrogen and oxygen atoms in total. The number of ketones is 1. The molecule has 7 aliphatic rings. The van der Waals surface area contributed by atoms with Crippen LogP contribution in [0, 0.1) is 6.57 Å². The first-order chi connectivity index (χ1) is 65.4. The number of fused-ring (bicyclic) bond motifs is 6. The molecule has 141 heavy (non-hydrogen) atoms. The molecule has 0 aromatic heterocycles. The molecule has 14 rings (SSSR count). The summed E-state index contributed by atoms with van der Waals surface area (Å²) in [6, 6.07) is 48.9. The number of likely N-dealkylation sites (tertiary alicyclic amines) is 4. The van der Waals surface area contributed by atoms with E-state index in [4.69, 9.17) is 89.2 Å². The molecular formula is C103H130ClN8NaO28. The number of methoxy groups -OCH3 is 6. The van der Waals surface area contributed by atoms with Gasteiger partial charge in [-0.25, -0.2) is 40.1 Å². The second kappa shape index (κ2) is 51.9. The molecule has 0 spiro atoms. The van der Waals surface area contributed by atoms with Crippen molar-refractivity contribution < 1.29 is 164 Å². The van der Waals surface area contributed by atoms with Gasteiger partial charge < -0.3 is 96.3 Å². The van der Waals surface area contributed by atoms with E-state index in [0.29, 0.717) is 106 Å². The van der Waals surface area contributed by atoms with E-state index in [0.717, 1.165) is 56.0 Å². The van der Waals surface area contributed by atoms with Crippen molar-refractivity contribution in [2.24, 2.45) is 0 Å². The van der Waals surface area contributed by atoms with Crippen molar-refractivity contribution in [3.8, 4) is 56.8 Å². The van der Waals surface area contributed by atoms with Gasteiger partial charge in [-0.1, -0.05) is 129 Å². The van der Waals surface area contributed by atoms with Crippen molar-refractivity contribution in [1.82, 2.24) is 35.1 Å². The number of nitrogens with zero attached hydrogens (tertiary/aromatic N) is 6. The van der Waals surface area contributed by atoms with Crippen LogP contribution in [0.3, 0.4) is 0 Å². The molecule has 5 saturated heterocycles. The smallest absolute Gasteiger partial charge is 0.870 e. The Hall–Kier alpha value is -13.1. The molecule has 2 aliphatic carbocycles. The number of carbonyl (C=O) groups is 11. The fourth-order valence-corrected chi connectivity index (χ4v) is 15.8. The summed E-state index contributed by atoms with van der Waals surface area (Å²) in [6.45, 7) is 36.4. The predicted octanol–water partition coefficient (Wildman–Crippen LogP) is 13.7. The summed E-state index contributed by atoms with van der Waals surface area (Å²) >= 11 is 4.75. The zero-order valence-electron chi connectivity index (χ0n) is 82.9. The largest absolute Gasteiger partial charge is 1.00 e. The van der Waals surface area contributed by atoms with Gasteiger partial charge in [0.1, 0.15) is 95.4 Å². The third kappa shape index (κ3) is 32.2. The molecule has 0 radical (unpaired) electrons. The number of carbonyl (C=O) groups excluding carboxylic acids is 11. The molecule has 0 unspecified atom stereocenters. The molecule has 5 fully saturated rings. The molecule has 5 aliphatic heterocycles. The van der Waals surface area contributed by atoms with Gasteiger partial charge in [0, 0.05) is 53.6 Å². The van der Waals surface area contributed by atoms with Crippen LogP contribution in [0.25, 0.3) is 27.1 Å². The first-order valence-electron chi connectivity index (χ1n) is 44.6. The van der Waals surface area contributed by atoms with Crippen molar-refractivity contribution >= 4 is 78.8 Å². The Labute approximate surface area is 851 Å². The molecule has 38 heteroatoms. The molecule has 0 bridgehead atoms. The van der Waals surface area contributed by atoms with Gasteiger partial charge in [-0.05, 0) is 182 Å². The first-order valence-corrected chi connectivity index (χ1v) is 45.0. The molecule has 5 heterocycles. The van der Waals surface area contributed by atoms with Crippen LogP contribution in [0.5, 0.6) is 34.5 Å². The number of rotatable bonds is 28. The molecule has 7 aromatic rings. The van der Waals surface area contributed by atoms with Gasteiger partial charge in [0.25, 0.3) is 25.0 Å². The second-order valence-electron chi connectivity index (χ2n) is 37.3. The van der Waals surface area contributed by atoms with Gasteiger partial charge in [-0.3, -0.25) is 44.1 Å². The van der Waals surface area contributed by atoms with Crippen LogP contribution in [0.4, 0.5) is 33.6 Å². The zero-order valence-corrected chi connectivity index (χ0v) is 85.6. The van der Waals surface area contributed by atoms with Crippen LogP contribution >= 0.6 is 11.6 Å².